The molecule has 1 N–H and O–H groups in total. The highest BCUT2D eigenvalue weighted by Gasteiger charge is 2.62. The van der Waals surface area contributed by atoms with Gasteiger partial charge in [-0.3, -0.25) is 9.59 Å². The first-order valence-corrected chi connectivity index (χ1v) is 6.67. The standard InChI is InChI=1S/C13H20F2N2O2/c1-17(2)11(19)12(7-13(14,15)8-12)16-10(18)9-5-3-4-6-9/h9H,3-8H2,1-2H3,(H,16,18). The molecule has 0 atom stereocenters. The predicted molar refractivity (Wildman–Crippen MR) is 65.7 cm³/mol. The van der Waals surface area contributed by atoms with E-state index in [1.165, 1.54) is 19.0 Å². The molecular weight excluding hydrogens is 254 g/mol. The molecule has 0 spiro atoms. The number of likely N-dealkylation sites (N-methyl/N-ethyl adjacent to an activating group) is 1. The summed E-state index contributed by atoms with van der Waals surface area (Å²) in [4.78, 5) is 25.4. The van der Waals surface area contributed by atoms with Crippen molar-refractivity contribution in [2.45, 2.75) is 50.0 Å². The minimum absolute atomic E-state index is 0.124. The number of hydrogen-bond acceptors (Lipinski definition) is 2. The lowest BCUT2D eigenvalue weighted by Crippen LogP contribution is -2.69. The molecule has 0 aromatic carbocycles. The van der Waals surface area contributed by atoms with Crippen LogP contribution in [0.1, 0.15) is 38.5 Å². The van der Waals surface area contributed by atoms with Gasteiger partial charge in [0.15, 0.2) is 0 Å². The first-order chi connectivity index (χ1) is 8.76. The Balaban J connectivity index is 2.07. The van der Waals surface area contributed by atoms with E-state index in [9.17, 15) is 18.4 Å². The summed E-state index contributed by atoms with van der Waals surface area (Å²) >= 11 is 0. The van der Waals surface area contributed by atoms with Gasteiger partial charge in [0.25, 0.3) is 5.92 Å². The number of carbonyl (C=O) groups is 2. The number of nitrogens with zero attached hydrogens (tertiary/aromatic N) is 1. The topological polar surface area (TPSA) is 49.4 Å². The minimum atomic E-state index is -2.85. The molecule has 2 aliphatic rings. The van der Waals surface area contributed by atoms with Crippen molar-refractivity contribution in [2.24, 2.45) is 5.92 Å². The summed E-state index contributed by atoms with van der Waals surface area (Å²) in [6.45, 7) is 0. The smallest absolute Gasteiger partial charge is 0.253 e. The Morgan fingerprint density at radius 3 is 2.11 bits per heavy atom. The molecule has 0 heterocycles. The largest absolute Gasteiger partial charge is 0.347 e. The third kappa shape index (κ3) is 2.72. The maximum absolute atomic E-state index is 13.2. The van der Waals surface area contributed by atoms with Crippen LogP contribution in [-0.2, 0) is 9.59 Å². The fraction of sp³-hybridized carbons (Fsp3) is 0.846. The van der Waals surface area contributed by atoms with Gasteiger partial charge in [0.2, 0.25) is 11.8 Å². The molecule has 2 amide bonds. The maximum atomic E-state index is 13.2. The molecule has 0 aromatic heterocycles. The number of nitrogens with one attached hydrogen (secondary N) is 1. The van der Waals surface area contributed by atoms with Gasteiger partial charge in [0.1, 0.15) is 5.54 Å². The van der Waals surface area contributed by atoms with Crippen LogP contribution in [0.25, 0.3) is 0 Å². The van der Waals surface area contributed by atoms with E-state index in [1.54, 1.807) is 0 Å². The normalized spacial score (nSPS) is 24.6. The highest BCUT2D eigenvalue weighted by atomic mass is 19.3. The van der Waals surface area contributed by atoms with Crippen molar-refractivity contribution in [1.29, 1.82) is 0 Å². The van der Waals surface area contributed by atoms with Crippen LogP contribution in [0.5, 0.6) is 0 Å². The van der Waals surface area contributed by atoms with E-state index in [-0.39, 0.29) is 11.8 Å². The molecule has 2 rings (SSSR count). The number of rotatable bonds is 3. The number of halogens is 2. The lowest BCUT2D eigenvalue weighted by Gasteiger charge is -2.47. The lowest BCUT2D eigenvalue weighted by molar-refractivity contribution is -0.173. The fourth-order valence-electron chi connectivity index (χ4n) is 3.08. The van der Waals surface area contributed by atoms with Crippen LogP contribution in [-0.4, -0.2) is 42.3 Å². The molecular formula is C13H20F2N2O2. The summed E-state index contributed by atoms with van der Waals surface area (Å²) in [5.41, 5.74) is -1.40. The second-order valence-electron chi connectivity index (χ2n) is 5.96. The van der Waals surface area contributed by atoms with Gasteiger partial charge in [-0.1, -0.05) is 12.8 Å². The van der Waals surface area contributed by atoms with E-state index in [1.807, 2.05) is 0 Å². The number of carbonyl (C=O) groups excluding carboxylic acids is 2. The molecule has 0 aliphatic heterocycles. The van der Waals surface area contributed by atoms with E-state index in [0.29, 0.717) is 0 Å². The number of alkyl halides is 2. The second-order valence-corrected chi connectivity index (χ2v) is 5.96. The lowest BCUT2D eigenvalue weighted by atomic mass is 9.72. The number of hydrogen-bond donors (Lipinski definition) is 1. The van der Waals surface area contributed by atoms with E-state index in [0.717, 1.165) is 25.7 Å². The summed E-state index contributed by atoms with van der Waals surface area (Å²) < 4.78 is 26.3. The summed E-state index contributed by atoms with van der Waals surface area (Å²) in [5.74, 6) is -3.66. The van der Waals surface area contributed by atoms with Gasteiger partial charge in [-0.2, -0.15) is 0 Å². The summed E-state index contributed by atoms with van der Waals surface area (Å²) in [6.07, 6.45) is 2.37. The zero-order valence-electron chi connectivity index (χ0n) is 11.3. The molecule has 0 aromatic rings. The van der Waals surface area contributed by atoms with E-state index in [4.69, 9.17) is 0 Å². The van der Waals surface area contributed by atoms with Gasteiger partial charge in [-0.15, -0.1) is 0 Å². The van der Waals surface area contributed by atoms with Gasteiger partial charge in [-0.25, -0.2) is 8.78 Å². The van der Waals surface area contributed by atoms with Crippen LogP contribution in [0.4, 0.5) is 8.78 Å². The molecule has 0 radical (unpaired) electrons. The van der Waals surface area contributed by atoms with Crippen molar-refractivity contribution in [3.8, 4) is 0 Å². The highest BCUT2D eigenvalue weighted by molar-refractivity contribution is 5.93. The van der Waals surface area contributed by atoms with Gasteiger partial charge < -0.3 is 10.2 Å². The van der Waals surface area contributed by atoms with Crippen LogP contribution < -0.4 is 5.32 Å². The Hall–Kier alpha value is -1.20. The Morgan fingerprint density at radius 1 is 1.16 bits per heavy atom. The van der Waals surface area contributed by atoms with E-state index >= 15 is 0 Å². The zero-order valence-corrected chi connectivity index (χ0v) is 11.3. The van der Waals surface area contributed by atoms with Crippen LogP contribution in [0, 0.1) is 5.92 Å². The van der Waals surface area contributed by atoms with Crippen molar-refractivity contribution < 1.29 is 18.4 Å². The Kier molecular flexibility index (Phi) is 3.53. The number of amides is 2. The first kappa shape index (κ1) is 14.2. The van der Waals surface area contributed by atoms with Gasteiger partial charge in [0.05, 0.1) is 0 Å². The molecule has 19 heavy (non-hydrogen) atoms. The molecule has 2 saturated carbocycles. The van der Waals surface area contributed by atoms with E-state index in [2.05, 4.69) is 5.32 Å². The molecule has 0 saturated heterocycles. The summed E-state index contributed by atoms with van der Waals surface area (Å²) in [6, 6.07) is 0. The molecule has 108 valence electrons. The Labute approximate surface area is 111 Å². The highest BCUT2D eigenvalue weighted by Crippen LogP contribution is 2.46. The fourth-order valence-corrected chi connectivity index (χ4v) is 3.08. The quantitative estimate of drug-likeness (QED) is 0.849. The van der Waals surface area contributed by atoms with Gasteiger partial charge in [-0.05, 0) is 12.8 Å². The first-order valence-electron chi connectivity index (χ1n) is 6.67. The van der Waals surface area contributed by atoms with Crippen molar-refractivity contribution in [2.75, 3.05) is 14.1 Å². The monoisotopic (exact) mass is 274 g/mol. The van der Waals surface area contributed by atoms with Crippen molar-refractivity contribution in [1.82, 2.24) is 10.2 Å². The summed E-state index contributed by atoms with van der Waals surface area (Å²) in [5, 5.41) is 2.60. The van der Waals surface area contributed by atoms with Crippen molar-refractivity contribution >= 4 is 11.8 Å². The SMILES string of the molecule is CN(C)C(=O)C1(NC(=O)C2CCCC2)CC(F)(F)C1. The molecule has 0 unspecified atom stereocenters. The van der Waals surface area contributed by atoms with Crippen LogP contribution in [0.2, 0.25) is 0 Å². The van der Waals surface area contributed by atoms with Crippen molar-refractivity contribution in [3.63, 3.8) is 0 Å². The third-order valence-electron chi connectivity index (χ3n) is 4.02. The van der Waals surface area contributed by atoms with Crippen LogP contribution >= 0.6 is 0 Å². The molecule has 2 fully saturated rings. The molecule has 2 aliphatic carbocycles. The average molecular weight is 274 g/mol. The molecule has 6 heteroatoms. The predicted octanol–water partition coefficient (Wildman–Crippen LogP) is 1.55. The van der Waals surface area contributed by atoms with E-state index < -0.39 is 30.2 Å². The Morgan fingerprint density at radius 2 is 1.68 bits per heavy atom. The minimum Gasteiger partial charge on any atom is -0.347 e. The Bertz CT molecular complexity index is 382. The maximum Gasteiger partial charge on any atom is 0.253 e. The molecule has 4 nitrogen and oxygen atoms in total. The zero-order chi connectivity index (χ0) is 14.3. The second kappa shape index (κ2) is 4.72. The molecule has 0 bridgehead atoms. The van der Waals surface area contributed by atoms with Gasteiger partial charge in [0, 0.05) is 32.9 Å². The van der Waals surface area contributed by atoms with Gasteiger partial charge >= 0.3 is 0 Å². The van der Waals surface area contributed by atoms with Crippen molar-refractivity contribution in [3.05, 3.63) is 0 Å². The summed E-state index contributed by atoms with van der Waals surface area (Å²) in [7, 11) is 3.03. The van der Waals surface area contributed by atoms with Crippen LogP contribution in [0.15, 0.2) is 0 Å². The average Bonchev–Trinajstić information content (AvgIpc) is 2.78. The van der Waals surface area contributed by atoms with Crippen LogP contribution in [0.3, 0.4) is 0 Å². The third-order valence-corrected chi connectivity index (χ3v) is 4.02.